The molecule has 1 aliphatic carbocycles. The topological polar surface area (TPSA) is 63.6 Å². The van der Waals surface area contributed by atoms with Gasteiger partial charge in [0.15, 0.2) is 0 Å². The number of carbonyl (C=O) groups excluding carboxylic acids is 1. The number of methoxy groups -OCH3 is 1. The van der Waals surface area contributed by atoms with Gasteiger partial charge in [0.2, 0.25) is 0 Å². The van der Waals surface area contributed by atoms with Crippen molar-refractivity contribution in [2.45, 2.75) is 13.8 Å². The van der Waals surface area contributed by atoms with Gasteiger partial charge in [-0.25, -0.2) is 4.79 Å². The zero-order chi connectivity index (χ0) is 11.8. The quantitative estimate of drug-likeness (QED) is 0.631. The first-order valence-electron chi connectivity index (χ1n) is 4.50. The first-order valence-corrected chi connectivity index (χ1v) is 5.30. The van der Waals surface area contributed by atoms with Crippen molar-refractivity contribution in [2.24, 2.45) is 17.3 Å². The molecule has 4 nitrogen and oxygen atoms in total. The predicted molar refractivity (Wildman–Crippen MR) is 57.4 cm³/mol. The molecule has 15 heavy (non-hydrogen) atoms. The number of rotatable bonds is 3. The molecular formula is C10H13BrO4. The van der Waals surface area contributed by atoms with Gasteiger partial charge < -0.3 is 9.84 Å². The van der Waals surface area contributed by atoms with Crippen molar-refractivity contribution in [1.82, 2.24) is 0 Å². The maximum absolute atomic E-state index is 11.1. The predicted octanol–water partition coefficient (Wildman–Crippen LogP) is 1.79. The molecule has 0 bridgehead atoms. The number of hydrogen-bond acceptors (Lipinski definition) is 3. The normalized spacial score (nSPS) is 28.4. The lowest BCUT2D eigenvalue weighted by atomic mass is 10.1. The molecule has 0 amide bonds. The molecular weight excluding hydrogens is 264 g/mol. The van der Waals surface area contributed by atoms with Crippen molar-refractivity contribution in [1.29, 1.82) is 0 Å². The SMILES string of the molecule is COC(=O)/C(Br)=C/[C@H]1[C@@H](C(=O)O)C1(C)C. The van der Waals surface area contributed by atoms with Gasteiger partial charge in [-0.3, -0.25) is 4.79 Å². The summed E-state index contributed by atoms with van der Waals surface area (Å²) in [7, 11) is 1.28. The van der Waals surface area contributed by atoms with Crippen LogP contribution >= 0.6 is 15.9 Å². The Labute approximate surface area is 96.4 Å². The van der Waals surface area contributed by atoms with Crippen molar-refractivity contribution in [2.75, 3.05) is 7.11 Å². The lowest BCUT2D eigenvalue weighted by Gasteiger charge is -1.98. The average Bonchev–Trinajstić information content (AvgIpc) is 2.66. The highest BCUT2D eigenvalue weighted by Gasteiger charge is 2.61. The van der Waals surface area contributed by atoms with Gasteiger partial charge in [0.25, 0.3) is 0 Å². The van der Waals surface area contributed by atoms with E-state index < -0.39 is 17.9 Å². The van der Waals surface area contributed by atoms with Gasteiger partial charge in [0.1, 0.15) is 0 Å². The van der Waals surface area contributed by atoms with Crippen LogP contribution in [0.25, 0.3) is 0 Å². The molecule has 0 heterocycles. The molecule has 0 saturated heterocycles. The summed E-state index contributed by atoms with van der Waals surface area (Å²) in [5.74, 6) is -1.86. The Bertz CT molecular complexity index is 332. The molecule has 0 radical (unpaired) electrons. The number of hydrogen-bond donors (Lipinski definition) is 1. The van der Waals surface area contributed by atoms with Crippen LogP contribution in [-0.4, -0.2) is 24.2 Å². The van der Waals surface area contributed by atoms with E-state index in [2.05, 4.69) is 20.7 Å². The molecule has 0 aromatic carbocycles. The number of halogens is 1. The number of ether oxygens (including phenoxy) is 1. The van der Waals surface area contributed by atoms with E-state index >= 15 is 0 Å². The Balaban J connectivity index is 2.78. The van der Waals surface area contributed by atoms with Crippen molar-refractivity contribution in [3.63, 3.8) is 0 Å². The molecule has 0 unspecified atom stereocenters. The molecule has 0 spiro atoms. The highest BCUT2D eigenvalue weighted by atomic mass is 79.9. The maximum atomic E-state index is 11.1. The smallest absolute Gasteiger partial charge is 0.344 e. The molecule has 0 aliphatic heterocycles. The fraction of sp³-hybridized carbons (Fsp3) is 0.600. The van der Waals surface area contributed by atoms with E-state index in [0.29, 0.717) is 0 Å². The number of aliphatic carboxylic acids is 1. The largest absolute Gasteiger partial charge is 0.481 e. The van der Waals surface area contributed by atoms with E-state index in [1.165, 1.54) is 7.11 Å². The standard InChI is InChI=1S/C10H13BrO4/c1-10(2)5(7(10)8(12)13)4-6(11)9(14)15-3/h4-5,7H,1-3H3,(H,12,13)/b6-4-/t5-,7-/m0/s1. The molecule has 2 atom stereocenters. The van der Waals surface area contributed by atoms with E-state index in [1.54, 1.807) is 6.08 Å². The van der Waals surface area contributed by atoms with Gasteiger partial charge in [-0.1, -0.05) is 19.9 Å². The molecule has 1 fully saturated rings. The van der Waals surface area contributed by atoms with E-state index in [4.69, 9.17) is 5.11 Å². The minimum atomic E-state index is -0.827. The Hall–Kier alpha value is -0.840. The average molecular weight is 277 g/mol. The van der Waals surface area contributed by atoms with E-state index in [0.717, 1.165) is 0 Å². The lowest BCUT2D eigenvalue weighted by molar-refractivity contribution is -0.139. The van der Waals surface area contributed by atoms with Crippen molar-refractivity contribution < 1.29 is 19.4 Å². The van der Waals surface area contributed by atoms with Crippen molar-refractivity contribution in [3.05, 3.63) is 10.6 Å². The summed E-state index contributed by atoms with van der Waals surface area (Å²) in [6.45, 7) is 3.73. The molecule has 1 rings (SSSR count). The Morgan fingerprint density at radius 2 is 2.00 bits per heavy atom. The fourth-order valence-electron chi connectivity index (χ4n) is 1.78. The highest BCUT2D eigenvalue weighted by Crippen LogP contribution is 2.59. The number of carboxylic acid groups (broad SMARTS) is 1. The Kier molecular flexibility index (Phi) is 3.23. The van der Waals surface area contributed by atoms with Crippen LogP contribution in [0.5, 0.6) is 0 Å². The molecule has 0 aromatic rings. The molecule has 5 heteroatoms. The van der Waals surface area contributed by atoms with E-state index in [1.807, 2.05) is 13.8 Å². The second-order valence-corrected chi connectivity index (χ2v) is 5.02. The molecule has 84 valence electrons. The zero-order valence-electron chi connectivity index (χ0n) is 8.78. The third kappa shape index (κ3) is 2.22. The van der Waals surface area contributed by atoms with Crippen molar-refractivity contribution in [3.8, 4) is 0 Å². The van der Waals surface area contributed by atoms with Gasteiger partial charge in [0, 0.05) is 0 Å². The summed E-state index contributed by atoms with van der Waals surface area (Å²) >= 11 is 3.07. The minimum Gasteiger partial charge on any atom is -0.481 e. The van der Waals surface area contributed by atoms with Crippen molar-refractivity contribution >= 4 is 27.9 Å². The summed E-state index contributed by atoms with van der Waals surface area (Å²) in [6.07, 6.45) is 1.62. The summed E-state index contributed by atoms with van der Waals surface area (Å²) < 4.78 is 4.79. The van der Waals surface area contributed by atoms with Gasteiger partial charge in [0.05, 0.1) is 17.5 Å². The van der Waals surface area contributed by atoms with Crippen LogP contribution in [0.15, 0.2) is 10.6 Å². The number of carboxylic acids is 1. The van der Waals surface area contributed by atoms with Crippen LogP contribution in [0.1, 0.15) is 13.8 Å². The summed E-state index contributed by atoms with van der Waals surface area (Å²) in [5.41, 5.74) is -0.293. The maximum Gasteiger partial charge on any atom is 0.344 e. The second kappa shape index (κ2) is 3.96. The number of allylic oxidation sites excluding steroid dienone is 1. The minimum absolute atomic E-state index is 0.122. The lowest BCUT2D eigenvalue weighted by Crippen LogP contribution is -2.03. The van der Waals surface area contributed by atoms with Gasteiger partial charge >= 0.3 is 11.9 Å². The fourth-order valence-corrected chi connectivity index (χ4v) is 2.23. The van der Waals surface area contributed by atoms with Crippen LogP contribution in [0.3, 0.4) is 0 Å². The summed E-state index contributed by atoms with van der Waals surface area (Å²) in [6, 6.07) is 0. The van der Waals surface area contributed by atoms with E-state index in [9.17, 15) is 9.59 Å². The second-order valence-electron chi connectivity index (χ2n) is 4.17. The Morgan fingerprint density at radius 3 is 2.33 bits per heavy atom. The zero-order valence-corrected chi connectivity index (χ0v) is 10.4. The van der Waals surface area contributed by atoms with Gasteiger partial charge in [-0.15, -0.1) is 0 Å². The number of esters is 1. The first kappa shape index (κ1) is 12.2. The molecule has 0 aromatic heterocycles. The Morgan fingerprint density at radius 1 is 1.47 bits per heavy atom. The highest BCUT2D eigenvalue weighted by molar-refractivity contribution is 9.12. The third-order valence-electron chi connectivity index (χ3n) is 2.88. The summed E-state index contributed by atoms with van der Waals surface area (Å²) in [5, 5.41) is 8.91. The van der Waals surface area contributed by atoms with Crippen LogP contribution in [-0.2, 0) is 14.3 Å². The molecule has 1 aliphatic rings. The monoisotopic (exact) mass is 276 g/mol. The van der Waals surface area contributed by atoms with Gasteiger partial charge in [-0.05, 0) is 27.3 Å². The molecule has 1 saturated carbocycles. The van der Waals surface area contributed by atoms with Crippen LogP contribution in [0, 0.1) is 17.3 Å². The summed E-state index contributed by atoms with van der Waals surface area (Å²) in [4.78, 5) is 21.9. The van der Waals surface area contributed by atoms with Gasteiger partial charge in [-0.2, -0.15) is 0 Å². The third-order valence-corrected chi connectivity index (χ3v) is 3.47. The molecule has 1 N–H and O–H groups in total. The van der Waals surface area contributed by atoms with E-state index in [-0.39, 0.29) is 15.8 Å². The number of carbonyl (C=O) groups is 2. The van der Waals surface area contributed by atoms with Crippen LogP contribution < -0.4 is 0 Å². The van der Waals surface area contributed by atoms with Crippen LogP contribution in [0.2, 0.25) is 0 Å². The van der Waals surface area contributed by atoms with Crippen LogP contribution in [0.4, 0.5) is 0 Å². The first-order chi connectivity index (χ1) is 6.82.